The topological polar surface area (TPSA) is 26.3 Å². The molecule has 0 radical (unpaired) electrons. The molecule has 3 aliphatic rings. The van der Waals surface area contributed by atoms with Crippen LogP contribution in [0.15, 0.2) is 0 Å². The molecule has 0 bridgehead atoms. The van der Waals surface area contributed by atoms with E-state index in [0.29, 0.717) is 12.2 Å². The lowest BCUT2D eigenvalue weighted by molar-refractivity contribution is -0.0980. The van der Waals surface area contributed by atoms with Gasteiger partial charge >= 0.3 is 0 Å². The van der Waals surface area contributed by atoms with Crippen LogP contribution in [-0.4, -0.2) is 19.0 Å². The van der Waals surface area contributed by atoms with Crippen molar-refractivity contribution in [3.05, 3.63) is 0 Å². The van der Waals surface area contributed by atoms with Crippen LogP contribution in [0.4, 0.5) is 0 Å². The normalized spacial score (nSPS) is 41.7. The molecule has 0 aromatic carbocycles. The van der Waals surface area contributed by atoms with Gasteiger partial charge in [0.15, 0.2) is 0 Å². The Bertz CT molecular complexity index is 306. The van der Waals surface area contributed by atoms with Gasteiger partial charge < -0.3 is 9.53 Å². The second-order valence-corrected chi connectivity index (χ2v) is 8.57. The summed E-state index contributed by atoms with van der Waals surface area (Å²) in [5.74, 6) is 4.02. The van der Waals surface area contributed by atoms with Crippen LogP contribution in [-0.2, 0) is 9.53 Å². The minimum atomic E-state index is 0.596. The second kappa shape index (κ2) is 9.81. The first-order valence-electron chi connectivity index (χ1n) is 10.1. The Morgan fingerprint density at radius 1 is 0.565 bits per heavy atom. The minimum Gasteiger partial charge on any atom is -0.375 e. The highest BCUT2D eigenvalue weighted by Crippen LogP contribution is 2.41. The van der Waals surface area contributed by atoms with Gasteiger partial charge in [0.2, 0.25) is 0 Å². The Morgan fingerprint density at radius 2 is 0.870 bits per heavy atom. The quantitative estimate of drug-likeness (QED) is 0.658. The first kappa shape index (κ1) is 19.0. The van der Waals surface area contributed by atoms with Crippen molar-refractivity contribution in [3.8, 4) is 0 Å². The average molecular weight is 323 g/mol. The molecule has 0 saturated heterocycles. The Balaban J connectivity index is 0.000000924. The zero-order valence-corrected chi connectivity index (χ0v) is 15.5. The first-order valence-corrected chi connectivity index (χ1v) is 10.1. The largest absolute Gasteiger partial charge is 0.375 e. The maximum atomic E-state index is 8.00. The van der Waals surface area contributed by atoms with E-state index in [9.17, 15) is 0 Å². The maximum Gasteiger partial charge on any atom is 0.106 e. The monoisotopic (exact) mass is 322 g/mol. The van der Waals surface area contributed by atoms with Crippen LogP contribution in [0, 0.1) is 23.7 Å². The Morgan fingerprint density at radius 3 is 1.30 bits per heavy atom. The SMILES string of the molecule is C=O.CC1CCC(OC2CCC(C3CCC(C)CC3)CC2)CC1. The summed E-state index contributed by atoms with van der Waals surface area (Å²) < 4.78 is 6.43. The summed E-state index contributed by atoms with van der Waals surface area (Å²) in [7, 11) is 0. The minimum absolute atomic E-state index is 0.596. The summed E-state index contributed by atoms with van der Waals surface area (Å²) in [4.78, 5) is 8.00. The molecule has 0 atom stereocenters. The van der Waals surface area contributed by atoms with Gasteiger partial charge in [-0.2, -0.15) is 0 Å². The summed E-state index contributed by atoms with van der Waals surface area (Å²) in [5, 5.41) is 0. The van der Waals surface area contributed by atoms with Crippen molar-refractivity contribution in [1.29, 1.82) is 0 Å². The van der Waals surface area contributed by atoms with Gasteiger partial charge in [-0.15, -0.1) is 0 Å². The molecule has 23 heavy (non-hydrogen) atoms. The molecule has 0 amide bonds. The Kier molecular flexibility index (Phi) is 8.09. The van der Waals surface area contributed by atoms with Crippen molar-refractivity contribution in [2.45, 2.75) is 103 Å². The van der Waals surface area contributed by atoms with Crippen molar-refractivity contribution in [1.82, 2.24) is 0 Å². The molecule has 3 rings (SSSR count). The van der Waals surface area contributed by atoms with Crippen molar-refractivity contribution in [2.24, 2.45) is 23.7 Å². The summed E-state index contributed by atoms with van der Waals surface area (Å²) in [6, 6.07) is 0. The van der Waals surface area contributed by atoms with Gasteiger partial charge in [-0.25, -0.2) is 0 Å². The van der Waals surface area contributed by atoms with Crippen LogP contribution in [0.1, 0.15) is 90.9 Å². The van der Waals surface area contributed by atoms with Crippen LogP contribution in [0.3, 0.4) is 0 Å². The highest BCUT2D eigenvalue weighted by Gasteiger charge is 2.31. The lowest BCUT2D eigenvalue weighted by Gasteiger charge is -2.38. The van der Waals surface area contributed by atoms with Gasteiger partial charge in [-0.1, -0.05) is 26.7 Å². The highest BCUT2D eigenvalue weighted by atomic mass is 16.5. The second-order valence-electron chi connectivity index (χ2n) is 8.57. The third-order valence-electron chi connectivity index (χ3n) is 6.79. The molecule has 3 aliphatic carbocycles. The first-order chi connectivity index (χ1) is 11.2. The van der Waals surface area contributed by atoms with E-state index >= 15 is 0 Å². The molecule has 0 spiro atoms. The molecular weight excluding hydrogens is 284 g/mol. The van der Waals surface area contributed by atoms with Crippen molar-refractivity contribution >= 4 is 6.79 Å². The number of carbonyl (C=O) groups is 1. The van der Waals surface area contributed by atoms with Crippen molar-refractivity contribution in [3.63, 3.8) is 0 Å². The van der Waals surface area contributed by atoms with E-state index in [-0.39, 0.29) is 0 Å². The lowest BCUT2D eigenvalue weighted by atomic mass is 9.71. The van der Waals surface area contributed by atoms with Crippen LogP contribution >= 0.6 is 0 Å². The van der Waals surface area contributed by atoms with E-state index < -0.39 is 0 Å². The smallest absolute Gasteiger partial charge is 0.106 e. The van der Waals surface area contributed by atoms with Gasteiger partial charge in [0, 0.05) is 0 Å². The Hall–Kier alpha value is -0.370. The predicted molar refractivity (Wildman–Crippen MR) is 96.5 cm³/mol. The number of carbonyl (C=O) groups excluding carboxylic acids is 1. The molecule has 134 valence electrons. The predicted octanol–water partition coefficient (Wildman–Crippen LogP) is 5.78. The highest BCUT2D eigenvalue weighted by molar-refractivity contribution is 5.11. The van der Waals surface area contributed by atoms with E-state index in [0.717, 1.165) is 23.7 Å². The van der Waals surface area contributed by atoms with E-state index in [1.54, 1.807) is 0 Å². The molecule has 3 fully saturated rings. The van der Waals surface area contributed by atoms with Crippen LogP contribution in [0.25, 0.3) is 0 Å². The van der Waals surface area contributed by atoms with E-state index in [1.165, 1.54) is 77.0 Å². The van der Waals surface area contributed by atoms with E-state index in [1.807, 2.05) is 6.79 Å². The zero-order valence-electron chi connectivity index (χ0n) is 15.5. The fourth-order valence-corrected chi connectivity index (χ4v) is 5.09. The molecule has 0 unspecified atom stereocenters. The molecule has 0 aromatic heterocycles. The molecule has 0 aromatic rings. The zero-order chi connectivity index (χ0) is 16.7. The van der Waals surface area contributed by atoms with Gasteiger partial charge in [0.05, 0.1) is 12.2 Å². The van der Waals surface area contributed by atoms with Crippen molar-refractivity contribution in [2.75, 3.05) is 0 Å². The number of hydrogen-bond donors (Lipinski definition) is 0. The fraction of sp³-hybridized carbons (Fsp3) is 0.952. The van der Waals surface area contributed by atoms with Gasteiger partial charge in [0.25, 0.3) is 0 Å². The molecule has 3 saturated carbocycles. The molecule has 2 heteroatoms. The number of hydrogen-bond acceptors (Lipinski definition) is 2. The number of rotatable bonds is 3. The van der Waals surface area contributed by atoms with Crippen molar-refractivity contribution < 1.29 is 9.53 Å². The fourth-order valence-electron chi connectivity index (χ4n) is 5.09. The van der Waals surface area contributed by atoms with Crippen LogP contribution in [0.2, 0.25) is 0 Å². The third-order valence-corrected chi connectivity index (χ3v) is 6.79. The molecule has 0 N–H and O–H groups in total. The average Bonchev–Trinajstić information content (AvgIpc) is 2.60. The molecule has 2 nitrogen and oxygen atoms in total. The van der Waals surface area contributed by atoms with E-state index in [2.05, 4.69) is 13.8 Å². The van der Waals surface area contributed by atoms with Crippen LogP contribution in [0.5, 0.6) is 0 Å². The van der Waals surface area contributed by atoms with Crippen LogP contribution < -0.4 is 0 Å². The third kappa shape index (κ3) is 5.89. The van der Waals surface area contributed by atoms with Gasteiger partial charge in [0.1, 0.15) is 6.79 Å². The number of ether oxygens (including phenoxy) is 1. The summed E-state index contributed by atoms with van der Waals surface area (Å²) in [5.41, 5.74) is 0. The van der Waals surface area contributed by atoms with Gasteiger partial charge in [-0.05, 0) is 87.9 Å². The Labute approximate surface area is 143 Å². The summed E-state index contributed by atoms with van der Waals surface area (Å²) in [6.45, 7) is 6.83. The lowest BCUT2D eigenvalue weighted by Crippen LogP contribution is -2.32. The molecule has 0 heterocycles. The van der Waals surface area contributed by atoms with E-state index in [4.69, 9.17) is 9.53 Å². The standard InChI is InChI=1S/C20H36O.CH2O/c1-15-3-7-17(8-4-15)18-9-13-20(14-10-18)21-19-11-5-16(2)6-12-19;1-2/h15-20H,3-14H2,1-2H3;1H2. The van der Waals surface area contributed by atoms with Gasteiger partial charge in [-0.3, -0.25) is 0 Å². The molecule has 0 aliphatic heterocycles. The summed E-state index contributed by atoms with van der Waals surface area (Å²) >= 11 is 0. The maximum absolute atomic E-state index is 8.00. The molecular formula is C21H38O2. The summed E-state index contributed by atoms with van der Waals surface area (Å²) in [6.07, 6.45) is 18.2.